The van der Waals surface area contributed by atoms with E-state index in [1.165, 1.54) is 0 Å². The summed E-state index contributed by atoms with van der Waals surface area (Å²) in [5, 5.41) is 24.4. The minimum Gasteiger partial charge on any atom is -0.340 e. The highest BCUT2D eigenvalue weighted by Crippen LogP contribution is 2.30. The number of anilines is 4. The first-order valence-corrected chi connectivity index (χ1v) is 9.06. The van der Waals surface area contributed by atoms with E-state index in [1.54, 1.807) is 30.5 Å². The smallest absolute Gasteiger partial charge is 0.229 e. The average molecular weight is 380 g/mol. The molecule has 0 atom stereocenters. The van der Waals surface area contributed by atoms with Crippen LogP contribution >= 0.6 is 0 Å². The van der Waals surface area contributed by atoms with Gasteiger partial charge in [-0.05, 0) is 73.4 Å². The Bertz CT molecular complexity index is 1150. The van der Waals surface area contributed by atoms with Crippen LogP contribution < -0.4 is 10.6 Å². The fourth-order valence-electron chi connectivity index (χ4n) is 3.02. The summed E-state index contributed by atoms with van der Waals surface area (Å²) in [5.74, 6) is 1.10. The molecule has 29 heavy (non-hydrogen) atoms. The minimum absolute atomic E-state index is 0.451. The van der Waals surface area contributed by atoms with Crippen molar-refractivity contribution < 1.29 is 0 Å². The Kier molecular flexibility index (Phi) is 5.87. The molecule has 3 rings (SSSR count). The van der Waals surface area contributed by atoms with Gasteiger partial charge in [-0.25, -0.2) is 4.98 Å². The topological polar surface area (TPSA) is 97.4 Å². The first kappa shape index (κ1) is 19.6. The number of aryl methyl sites for hydroxylation is 1. The van der Waals surface area contributed by atoms with Crippen molar-refractivity contribution in [1.29, 1.82) is 10.5 Å². The lowest BCUT2D eigenvalue weighted by atomic mass is 9.97. The van der Waals surface area contributed by atoms with E-state index in [0.717, 1.165) is 33.6 Å². The van der Waals surface area contributed by atoms with Gasteiger partial charge in [-0.3, -0.25) is 0 Å². The summed E-state index contributed by atoms with van der Waals surface area (Å²) in [6, 6.07) is 17.1. The summed E-state index contributed by atoms with van der Waals surface area (Å²) in [6.07, 6.45) is 3.22. The SMILES string of the molecule is C/C(=C/C#N)c1ccc(C)c(Nc2ccnc(Nc3ccc(C#N)cc3)n2)c1C. The zero-order valence-corrected chi connectivity index (χ0v) is 16.5. The summed E-state index contributed by atoms with van der Waals surface area (Å²) in [6.45, 7) is 5.98. The van der Waals surface area contributed by atoms with Gasteiger partial charge in [0.05, 0.1) is 17.7 Å². The van der Waals surface area contributed by atoms with Crippen LogP contribution in [0.3, 0.4) is 0 Å². The average Bonchev–Trinajstić information content (AvgIpc) is 2.72. The minimum atomic E-state index is 0.451. The fourth-order valence-corrected chi connectivity index (χ4v) is 3.02. The van der Waals surface area contributed by atoms with Gasteiger partial charge in [0.15, 0.2) is 0 Å². The molecule has 0 bridgehead atoms. The van der Waals surface area contributed by atoms with Crippen molar-refractivity contribution in [1.82, 2.24) is 9.97 Å². The standard InChI is InChI=1S/C23H20N6/c1-15(10-12-24)20-9-4-16(2)22(17(20)3)28-21-11-13-26-23(29-21)27-19-7-5-18(14-25)6-8-19/h4-11,13H,1-3H3,(H2,26,27,28,29)/b15-10-. The number of allylic oxidation sites excluding steroid dienone is 2. The second-order valence-electron chi connectivity index (χ2n) is 6.59. The van der Waals surface area contributed by atoms with Crippen LogP contribution in [0.5, 0.6) is 0 Å². The number of hydrogen-bond donors (Lipinski definition) is 2. The van der Waals surface area contributed by atoms with Crippen LogP contribution in [0.4, 0.5) is 23.1 Å². The Hall–Kier alpha value is -4.16. The lowest BCUT2D eigenvalue weighted by Gasteiger charge is -2.16. The molecule has 0 aliphatic rings. The van der Waals surface area contributed by atoms with Crippen LogP contribution in [0, 0.1) is 36.5 Å². The molecule has 0 aliphatic carbocycles. The van der Waals surface area contributed by atoms with E-state index in [9.17, 15) is 0 Å². The Labute approximate surface area is 170 Å². The van der Waals surface area contributed by atoms with E-state index in [1.807, 2.05) is 45.0 Å². The maximum absolute atomic E-state index is 8.95. The number of hydrogen-bond acceptors (Lipinski definition) is 6. The number of nitrogens with one attached hydrogen (secondary N) is 2. The largest absolute Gasteiger partial charge is 0.340 e. The summed E-state index contributed by atoms with van der Waals surface area (Å²) in [7, 11) is 0. The molecular formula is C23H20N6. The summed E-state index contributed by atoms with van der Waals surface area (Å²) in [4.78, 5) is 8.80. The van der Waals surface area contributed by atoms with Crippen LogP contribution in [0.1, 0.15) is 29.2 Å². The molecular weight excluding hydrogens is 360 g/mol. The third kappa shape index (κ3) is 4.58. The summed E-state index contributed by atoms with van der Waals surface area (Å²) in [5.41, 5.74) is 6.41. The van der Waals surface area contributed by atoms with E-state index in [-0.39, 0.29) is 0 Å². The van der Waals surface area contributed by atoms with Gasteiger partial charge in [0.1, 0.15) is 5.82 Å². The number of nitriles is 2. The lowest BCUT2D eigenvalue weighted by Crippen LogP contribution is -2.03. The number of benzene rings is 2. The van der Waals surface area contributed by atoms with Gasteiger partial charge in [0.2, 0.25) is 5.95 Å². The molecule has 0 spiro atoms. The van der Waals surface area contributed by atoms with Crippen LogP contribution in [-0.4, -0.2) is 9.97 Å². The number of aromatic nitrogens is 2. The van der Waals surface area contributed by atoms with Crippen LogP contribution in [-0.2, 0) is 0 Å². The van der Waals surface area contributed by atoms with Gasteiger partial charge in [0.25, 0.3) is 0 Å². The number of nitrogens with zero attached hydrogens (tertiary/aromatic N) is 4. The molecule has 0 saturated carbocycles. The maximum Gasteiger partial charge on any atom is 0.229 e. The molecule has 1 heterocycles. The van der Waals surface area contributed by atoms with Gasteiger partial charge in [0, 0.05) is 23.6 Å². The zero-order valence-electron chi connectivity index (χ0n) is 16.5. The molecule has 0 aliphatic heterocycles. The normalized spacial score (nSPS) is 10.7. The molecule has 1 aromatic heterocycles. The highest BCUT2D eigenvalue weighted by atomic mass is 15.1. The molecule has 0 saturated heterocycles. The maximum atomic E-state index is 8.95. The van der Waals surface area contributed by atoms with Crippen LogP contribution in [0.25, 0.3) is 5.57 Å². The summed E-state index contributed by atoms with van der Waals surface area (Å²) >= 11 is 0. The Balaban J connectivity index is 1.87. The van der Waals surface area contributed by atoms with E-state index < -0.39 is 0 Å². The second-order valence-corrected chi connectivity index (χ2v) is 6.59. The van der Waals surface area contributed by atoms with Crippen LogP contribution in [0.15, 0.2) is 54.7 Å². The van der Waals surface area contributed by atoms with E-state index >= 15 is 0 Å². The molecule has 0 radical (unpaired) electrons. The van der Waals surface area contributed by atoms with Crippen molar-refractivity contribution in [2.24, 2.45) is 0 Å². The fraction of sp³-hybridized carbons (Fsp3) is 0.130. The Morgan fingerprint density at radius 1 is 1.00 bits per heavy atom. The van der Waals surface area contributed by atoms with Crippen molar-refractivity contribution >= 4 is 28.7 Å². The first-order valence-electron chi connectivity index (χ1n) is 9.06. The molecule has 6 nitrogen and oxygen atoms in total. The van der Waals surface area contributed by atoms with Gasteiger partial charge >= 0.3 is 0 Å². The molecule has 0 fully saturated rings. The molecule has 3 aromatic rings. The Morgan fingerprint density at radius 3 is 2.45 bits per heavy atom. The third-order valence-electron chi connectivity index (χ3n) is 4.56. The van der Waals surface area contributed by atoms with Gasteiger partial charge in [-0.15, -0.1) is 0 Å². The van der Waals surface area contributed by atoms with Gasteiger partial charge in [-0.1, -0.05) is 12.1 Å². The number of rotatable bonds is 5. The third-order valence-corrected chi connectivity index (χ3v) is 4.56. The molecule has 2 aromatic carbocycles. The van der Waals surface area contributed by atoms with E-state index in [4.69, 9.17) is 10.5 Å². The monoisotopic (exact) mass is 380 g/mol. The molecule has 0 amide bonds. The lowest BCUT2D eigenvalue weighted by molar-refractivity contribution is 1.16. The molecule has 6 heteroatoms. The van der Waals surface area contributed by atoms with Gasteiger partial charge < -0.3 is 10.6 Å². The van der Waals surface area contributed by atoms with Crippen LogP contribution in [0.2, 0.25) is 0 Å². The zero-order chi connectivity index (χ0) is 20.8. The second kappa shape index (κ2) is 8.69. The molecule has 142 valence electrons. The van der Waals surface area contributed by atoms with E-state index in [2.05, 4.69) is 32.7 Å². The quantitative estimate of drug-likeness (QED) is 0.577. The van der Waals surface area contributed by atoms with Gasteiger partial charge in [-0.2, -0.15) is 15.5 Å². The van der Waals surface area contributed by atoms with Crippen molar-refractivity contribution in [2.75, 3.05) is 10.6 Å². The van der Waals surface area contributed by atoms with Crippen molar-refractivity contribution in [3.8, 4) is 12.1 Å². The highest BCUT2D eigenvalue weighted by molar-refractivity contribution is 5.76. The predicted molar refractivity (Wildman–Crippen MR) is 115 cm³/mol. The van der Waals surface area contributed by atoms with Crippen molar-refractivity contribution in [3.63, 3.8) is 0 Å². The summed E-state index contributed by atoms with van der Waals surface area (Å²) < 4.78 is 0. The van der Waals surface area contributed by atoms with E-state index in [0.29, 0.717) is 17.3 Å². The molecule has 0 unspecified atom stereocenters. The molecule has 2 N–H and O–H groups in total. The highest BCUT2D eigenvalue weighted by Gasteiger charge is 2.10. The van der Waals surface area contributed by atoms with Crippen molar-refractivity contribution in [3.05, 3.63) is 77.0 Å². The Morgan fingerprint density at radius 2 is 1.76 bits per heavy atom. The first-order chi connectivity index (χ1) is 14.0. The predicted octanol–water partition coefficient (Wildman–Crippen LogP) is 5.38. The van der Waals surface area contributed by atoms with Crippen molar-refractivity contribution in [2.45, 2.75) is 20.8 Å².